The molecule has 3 nitrogen and oxygen atoms in total. The van der Waals surface area contributed by atoms with Crippen molar-refractivity contribution in [3.05, 3.63) is 0 Å². The smallest absolute Gasteiger partial charge is 0.191 e. The van der Waals surface area contributed by atoms with Gasteiger partial charge in [-0.25, -0.2) is 4.39 Å². The molecule has 1 aliphatic rings. The Kier molecular flexibility index (Phi) is 7.83. The van der Waals surface area contributed by atoms with Gasteiger partial charge in [-0.05, 0) is 0 Å². The minimum absolute atomic E-state index is 0. The molecule has 1 aliphatic heterocycles. The van der Waals surface area contributed by atoms with Crippen molar-refractivity contribution >= 4 is 41.7 Å². The van der Waals surface area contributed by atoms with E-state index >= 15 is 0 Å². The second-order valence-electron chi connectivity index (χ2n) is 2.53. The predicted molar refractivity (Wildman–Crippen MR) is 66.8 cm³/mol. The van der Waals surface area contributed by atoms with Gasteiger partial charge in [0.1, 0.15) is 6.67 Å². The van der Waals surface area contributed by atoms with E-state index in [1.807, 2.05) is 16.7 Å². The van der Waals surface area contributed by atoms with Crippen molar-refractivity contribution in [3.8, 4) is 0 Å². The van der Waals surface area contributed by atoms with Gasteiger partial charge in [0.15, 0.2) is 5.96 Å². The second kappa shape index (κ2) is 7.66. The molecule has 0 aromatic rings. The molecule has 0 spiro atoms. The van der Waals surface area contributed by atoms with Crippen LogP contribution in [0.1, 0.15) is 0 Å². The highest BCUT2D eigenvalue weighted by Gasteiger charge is 2.11. The van der Waals surface area contributed by atoms with Crippen LogP contribution in [0.3, 0.4) is 0 Å². The first-order valence-corrected chi connectivity index (χ1v) is 5.18. The first kappa shape index (κ1) is 13.3. The molecule has 13 heavy (non-hydrogen) atoms. The van der Waals surface area contributed by atoms with Crippen LogP contribution in [0.4, 0.5) is 4.39 Å². The maximum atomic E-state index is 11.7. The van der Waals surface area contributed by atoms with Crippen LogP contribution < -0.4 is 5.73 Å². The molecule has 1 fully saturated rings. The Bertz CT molecular complexity index is 162. The van der Waals surface area contributed by atoms with Gasteiger partial charge in [0.2, 0.25) is 0 Å². The number of nitrogens with two attached hydrogens (primary N) is 1. The Balaban J connectivity index is 0.00000144. The molecule has 78 valence electrons. The summed E-state index contributed by atoms with van der Waals surface area (Å²) in [6.07, 6.45) is 0. The van der Waals surface area contributed by atoms with Crippen LogP contribution in [-0.2, 0) is 0 Å². The fourth-order valence-corrected chi connectivity index (χ4v) is 1.95. The first-order valence-electron chi connectivity index (χ1n) is 4.03. The fourth-order valence-electron chi connectivity index (χ4n) is 1.05. The van der Waals surface area contributed by atoms with Crippen LogP contribution >= 0.6 is 35.7 Å². The van der Waals surface area contributed by atoms with Crippen molar-refractivity contribution in [1.29, 1.82) is 0 Å². The molecule has 1 saturated heterocycles. The number of aliphatic imine (C=N–C) groups is 1. The summed E-state index contributed by atoms with van der Waals surface area (Å²) in [4.78, 5) is 5.91. The average Bonchev–Trinajstić information content (AvgIpc) is 2.15. The summed E-state index contributed by atoms with van der Waals surface area (Å²) < 4.78 is 11.7. The van der Waals surface area contributed by atoms with Crippen LogP contribution in [0, 0.1) is 0 Å². The highest BCUT2D eigenvalue weighted by atomic mass is 127. The van der Waals surface area contributed by atoms with Crippen LogP contribution in [0.2, 0.25) is 0 Å². The molecule has 1 rings (SSSR count). The van der Waals surface area contributed by atoms with Crippen molar-refractivity contribution in [2.45, 2.75) is 0 Å². The van der Waals surface area contributed by atoms with Gasteiger partial charge in [-0.3, -0.25) is 4.99 Å². The normalized spacial score (nSPS) is 18.2. The molecule has 0 bridgehead atoms. The van der Waals surface area contributed by atoms with E-state index in [9.17, 15) is 4.39 Å². The van der Waals surface area contributed by atoms with Crippen molar-refractivity contribution in [3.63, 3.8) is 0 Å². The Hall–Kier alpha value is 0.280. The number of hydrogen-bond donors (Lipinski definition) is 1. The second-order valence-corrected chi connectivity index (χ2v) is 3.75. The Morgan fingerprint density at radius 1 is 1.46 bits per heavy atom. The molecule has 0 unspecified atom stereocenters. The lowest BCUT2D eigenvalue weighted by Crippen LogP contribution is -2.42. The van der Waals surface area contributed by atoms with Crippen molar-refractivity contribution in [2.75, 3.05) is 37.8 Å². The lowest BCUT2D eigenvalue weighted by Gasteiger charge is -2.27. The van der Waals surface area contributed by atoms with Gasteiger partial charge in [0, 0.05) is 24.6 Å². The topological polar surface area (TPSA) is 41.6 Å². The number of rotatable bonds is 2. The quantitative estimate of drug-likeness (QED) is 0.468. The summed E-state index contributed by atoms with van der Waals surface area (Å²) in [6, 6.07) is 0. The number of guanidine groups is 1. The van der Waals surface area contributed by atoms with Gasteiger partial charge < -0.3 is 10.6 Å². The third-order valence-corrected chi connectivity index (χ3v) is 2.64. The highest BCUT2D eigenvalue weighted by molar-refractivity contribution is 14.0. The maximum absolute atomic E-state index is 11.7. The Morgan fingerprint density at radius 3 is 2.62 bits per heavy atom. The number of thioether (sulfide) groups is 1. The van der Waals surface area contributed by atoms with E-state index in [1.165, 1.54) is 0 Å². The minimum atomic E-state index is -0.427. The first-order chi connectivity index (χ1) is 5.84. The molecular weight excluding hydrogens is 304 g/mol. The number of halogens is 2. The third-order valence-electron chi connectivity index (χ3n) is 1.69. The zero-order valence-corrected chi connectivity index (χ0v) is 10.6. The summed E-state index contributed by atoms with van der Waals surface area (Å²) in [5.74, 6) is 2.67. The Morgan fingerprint density at radius 2 is 2.08 bits per heavy atom. The molecule has 0 aromatic heterocycles. The van der Waals surface area contributed by atoms with Gasteiger partial charge in [-0.15, -0.1) is 24.0 Å². The van der Waals surface area contributed by atoms with Gasteiger partial charge in [-0.2, -0.15) is 11.8 Å². The van der Waals surface area contributed by atoms with E-state index in [0.29, 0.717) is 5.96 Å². The van der Waals surface area contributed by atoms with Crippen molar-refractivity contribution in [1.82, 2.24) is 4.90 Å². The predicted octanol–water partition coefficient (Wildman–Crippen LogP) is 0.937. The van der Waals surface area contributed by atoms with E-state index in [2.05, 4.69) is 4.99 Å². The van der Waals surface area contributed by atoms with Gasteiger partial charge >= 0.3 is 0 Å². The van der Waals surface area contributed by atoms with E-state index in [1.54, 1.807) is 0 Å². The summed E-state index contributed by atoms with van der Waals surface area (Å²) in [5, 5.41) is 0. The molecule has 6 heteroatoms. The highest BCUT2D eigenvalue weighted by Crippen LogP contribution is 2.08. The van der Waals surface area contributed by atoms with Gasteiger partial charge in [-0.1, -0.05) is 0 Å². The fraction of sp³-hybridized carbons (Fsp3) is 0.857. The van der Waals surface area contributed by atoms with Crippen LogP contribution in [0.5, 0.6) is 0 Å². The molecule has 0 aliphatic carbocycles. The standard InChI is InChI=1S/C7H14FN3S.HI/c8-1-2-10-7(9)11-3-5-12-6-4-11;/h1-6H2,(H2,9,10);1H. The van der Waals surface area contributed by atoms with Crippen LogP contribution in [0.25, 0.3) is 0 Å². The zero-order chi connectivity index (χ0) is 8.81. The summed E-state index contributed by atoms with van der Waals surface area (Å²) >= 11 is 1.91. The molecule has 2 N–H and O–H groups in total. The molecule has 1 heterocycles. The molecule has 0 atom stereocenters. The molecule has 0 radical (unpaired) electrons. The summed E-state index contributed by atoms with van der Waals surface area (Å²) in [6.45, 7) is 1.64. The number of nitrogens with zero attached hydrogens (tertiary/aromatic N) is 2. The maximum Gasteiger partial charge on any atom is 0.191 e. The van der Waals surface area contributed by atoms with E-state index < -0.39 is 6.67 Å². The van der Waals surface area contributed by atoms with E-state index in [0.717, 1.165) is 24.6 Å². The number of hydrogen-bond acceptors (Lipinski definition) is 2. The molecule has 0 amide bonds. The summed E-state index contributed by atoms with van der Waals surface area (Å²) in [5.41, 5.74) is 5.63. The molecule has 0 saturated carbocycles. The Labute approximate surface area is 99.4 Å². The lowest BCUT2D eigenvalue weighted by molar-refractivity contribution is 0.450. The van der Waals surface area contributed by atoms with Gasteiger partial charge in [0.25, 0.3) is 0 Å². The molecule has 0 aromatic carbocycles. The van der Waals surface area contributed by atoms with Crippen molar-refractivity contribution in [2.24, 2.45) is 10.7 Å². The van der Waals surface area contributed by atoms with Gasteiger partial charge in [0.05, 0.1) is 6.54 Å². The zero-order valence-electron chi connectivity index (χ0n) is 7.41. The van der Waals surface area contributed by atoms with E-state index in [4.69, 9.17) is 5.73 Å². The SMILES string of the molecule is I.NC(=NCCF)N1CCSCC1. The van der Waals surface area contributed by atoms with Crippen LogP contribution in [-0.4, -0.2) is 48.7 Å². The average molecular weight is 319 g/mol. The largest absolute Gasteiger partial charge is 0.370 e. The lowest BCUT2D eigenvalue weighted by atomic mass is 10.5. The summed E-state index contributed by atoms with van der Waals surface area (Å²) in [7, 11) is 0. The molecular formula is C7H15FIN3S. The van der Waals surface area contributed by atoms with Crippen molar-refractivity contribution < 1.29 is 4.39 Å². The third kappa shape index (κ3) is 4.90. The van der Waals surface area contributed by atoms with Crippen LogP contribution in [0.15, 0.2) is 4.99 Å². The van der Waals surface area contributed by atoms with E-state index in [-0.39, 0.29) is 30.5 Å². The minimum Gasteiger partial charge on any atom is -0.370 e. The monoisotopic (exact) mass is 319 g/mol. The number of alkyl halides is 1.